The maximum absolute atomic E-state index is 13.4. The minimum Gasteiger partial charge on any atom is -0.456 e. The van der Waals surface area contributed by atoms with Crippen LogP contribution in [0.5, 0.6) is 0 Å². The number of benzene rings is 1. The maximum Gasteiger partial charge on any atom is 0.408 e. The molecule has 0 bridgehead atoms. The van der Waals surface area contributed by atoms with Crippen molar-refractivity contribution in [2.75, 3.05) is 6.61 Å². The van der Waals surface area contributed by atoms with Crippen LogP contribution in [0.15, 0.2) is 24.3 Å². The Kier molecular flexibility index (Phi) is 8.07. The molecule has 1 aromatic rings. The van der Waals surface area contributed by atoms with Crippen LogP contribution in [0, 0.1) is 17.7 Å². The summed E-state index contributed by atoms with van der Waals surface area (Å²) in [6.45, 7) is 6.89. The lowest BCUT2D eigenvalue weighted by Crippen LogP contribution is -2.46. The van der Waals surface area contributed by atoms with Crippen LogP contribution in [0.1, 0.15) is 33.3 Å². The second-order valence-corrected chi connectivity index (χ2v) is 6.52. The van der Waals surface area contributed by atoms with Crippen LogP contribution in [-0.4, -0.2) is 41.5 Å². The standard InChI is InChI=1S/C19H24FNO5/c1-5-25-17(23)10-9-16(22)15(21-18(24)26-19(2,3)4)12-13-7-6-8-14(20)11-13/h6-8,11,15-16,22H,5,12H2,1-4H3,(H,21,24)/t15-,16-/m0/s1. The van der Waals surface area contributed by atoms with Crippen LogP contribution in [0.25, 0.3) is 0 Å². The summed E-state index contributed by atoms with van der Waals surface area (Å²) in [4.78, 5) is 23.3. The molecule has 0 fully saturated rings. The zero-order valence-corrected chi connectivity index (χ0v) is 15.3. The number of carbonyl (C=O) groups excluding carboxylic acids is 2. The number of halogens is 1. The number of amides is 1. The van der Waals surface area contributed by atoms with Gasteiger partial charge in [-0.05, 0) is 51.8 Å². The molecule has 2 atom stereocenters. The van der Waals surface area contributed by atoms with E-state index in [2.05, 4.69) is 21.9 Å². The van der Waals surface area contributed by atoms with Gasteiger partial charge in [0, 0.05) is 5.92 Å². The fourth-order valence-corrected chi connectivity index (χ4v) is 2.02. The summed E-state index contributed by atoms with van der Waals surface area (Å²) in [5, 5.41) is 12.8. The van der Waals surface area contributed by atoms with E-state index in [0.717, 1.165) is 0 Å². The molecule has 6 nitrogen and oxygen atoms in total. The minimum absolute atomic E-state index is 0.0929. The highest BCUT2D eigenvalue weighted by Crippen LogP contribution is 2.11. The number of carbonyl (C=O) groups is 2. The molecular weight excluding hydrogens is 341 g/mol. The first kappa shape index (κ1) is 21.5. The van der Waals surface area contributed by atoms with Gasteiger partial charge in [-0.3, -0.25) is 0 Å². The van der Waals surface area contributed by atoms with E-state index in [1.165, 1.54) is 18.2 Å². The quantitative estimate of drug-likeness (QED) is 0.475. The third kappa shape index (κ3) is 8.49. The lowest BCUT2D eigenvalue weighted by molar-refractivity contribution is -0.136. The van der Waals surface area contributed by atoms with Crippen LogP contribution in [-0.2, 0) is 20.7 Å². The van der Waals surface area contributed by atoms with E-state index in [9.17, 15) is 19.1 Å². The van der Waals surface area contributed by atoms with Crippen molar-refractivity contribution >= 4 is 12.1 Å². The third-order valence-electron chi connectivity index (χ3n) is 3.03. The first-order valence-electron chi connectivity index (χ1n) is 8.21. The Balaban J connectivity index is 2.93. The van der Waals surface area contributed by atoms with Crippen LogP contribution in [0.3, 0.4) is 0 Å². The van der Waals surface area contributed by atoms with Crippen LogP contribution >= 0.6 is 0 Å². The molecule has 0 saturated carbocycles. The SMILES string of the molecule is CCOC(=O)C#C[C@H](O)[C@H](Cc1cccc(F)c1)NC(=O)OC(C)(C)C. The smallest absolute Gasteiger partial charge is 0.408 e. The maximum atomic E-state index is 13.4. The highest BCUT2D eigenvalue weighted by Gasteiger charge is 2.24. The van der Waals surface area contributed by atoms with Crippen molar-refractivity contribution < 1.29 is 28.6 Å². The molecular formula is C19H24FNO5. The molecule has 1 amide bonds. The Hall–Kier alpha value is -2.59. The molecule has 0 aliphatic carbocycles. The van der Waals surface area contributed by atoms with Gasteiger partial charge in [-0.1, -0.05) is 18.1 Å². The highest BCUT2D eigenvalue weighted by atomic mass is 19.1. The minimum atomic E-state index is -1.38. The van der Waals surface area contributed by atoms with Crippen molar-refractivity contribution in [2.45, 2.75) is 51.9 Å². The van der Waals surface area contributed by atoms with E-state index in [0.29, 0.717) is 5.56 Å². The van der Waals surface area contributed by atoms with Gasteiger partial charge in [0.25, 0.3) is 0 Å². The molecule has 0 unspecified atom stereocenters. The normalized spacial score (nSPS) is 13.0. The lowest BCUT2D eigenvalue weighted by Gasteiger charge is -2.25. The number of nitrogens with one attached hydrogen (secondary N) is 1. The summed E-state index contributed by atoms with van der Waals surface area (Å²) in [6, 6.07) is 4.84. The van der Waals surface area contributed by atoms with Crippen molar-refractivity contribution in [1.82, 2.24) is 5.32 Å². The number of rotatable bonds is 5. The number of esters is 1. The topological polar surface area (TPSA) is 84.9 Å². The number of aliphatic hydroxyl groups is 1. The molecule has 1 rings (SSSR count). The van der Waals surface area contributed by atoms with Crippen LogP contribution in [0.2, 0.25) is 0 Å². The van der Waals surface area contributed by atoms with Gasteiger partial charge in [-0.15, -0.1) is 0 Å². The Labute approximate surface area is 152 Å². The molecule has 0 heterocycles. The van der Waals surface area contributed by atoms with E-state index in [4.69, 9.17) is 4.74 Å². The van der Waals surface area contributed by atoms with Gasteiger partial charge >= 0.3 is 12.1 Å². The summed E-state index contributed by atoms with van der Waals surface area (Å²) < 4.78 is 23.2. The zero-order chi connectivity index (χ0) is 19.7. The molecule has 0 aliphatic heterocycles. The Bertz CT molecular complexity index is 687. The second kappa shape index (κ2) is 9.78. The first-order chi connectivity index (χ1) is 12.1. The predicted molar refractivity (Wildman–Crippen MR) is 93.7 cm³/mol. The number of hydrogen-bond donors (Lipinski definition) is 2. The summed E-state index contributed by atoms with van der Waals surface area (Å²) in [6.07, 6.45) is -2.04. The van der Waals surface area contributed by atoms with Gasteiger partial charge in [0.05, 0.1) is 12.6 Å². The average Bonchev–Trinajstić information content (AvgIpc) is 2.50. The van der Waals surface area contributed by atoms with E-state index in [1.807, 2.05) is 0 Å². The van der Waals surface area contributed by atoms with Crippen molar-refractivity contribution in [3.8, 4) is 11.8 Å². The van der Waals surface area contributed by atoms with Crippen molar-refractivity contribution in [2.24, 2.45) is 0 Å². The number of alkyl carbamates (subject to hydrolysis) is 1. The molecule has 1 aromatic carbocycles. The van der Waals surface area contributed by atoms with Gasteiger partial charge < -0.3 is 19.9 Å². The van der Waals surface area contributed by atoms with Crippen LogP contribution < -0.4 is 5.32 Å². The molecule has 0 aliphatic rings. The van der Waals surface area contributed by atoms with Gasteiger partial charge in [-0.2, -0.15) is 0 Å². The first-order valence-corrected chi connectivity index (χ1v) is 8.21. The molecule has 2 N–H and O–H groups in total. The van der Waals surface area contributed by atoms with Gasteiger partial charge in [0.2, 0.25) is 0 Å². The fourth-order valence-electron chi connectivity index (χ4n) is 2.02. The van der Waals surface area contributed by atoms with Gasteiger partial charge in [-0.25, -0.2) is 14.0 Å². The second-order valence-electron chi connectivity index (χ2n) is 6.52. The Morgan fingerprint density at radius 3 is 2.62 bits per heavy atom. The number of hydrogen-bond acceptors (Lipinski definition) is 5. The van der Waals surface area contributed by atoms with E-state index < -0.39 is 35.6 Å². The molecule has 7 heteroatoms. The Morgan fingerprint density at radius 2 is 2.04 bits per heavy atom. The monoisotopic (exact) mass is 365 g/mol. The van der Waals surface area contributed by atoms with Gasteiger partial charge in [0.15, 0.2) is 0 Å². The largest absolute Gasteiger partial charge is 0.456 e. The molecule has 26 heavy (non-hydrogen) atoms. The van der Waals surface area contributed by atoms with E-state index in [1.54, 1.807) is 33.8 Å². The molecule has 0 spiro atoms. The summed E-state index contributed by atoms with van der Waals surface area (Å²) in [5.41, 5.74) is -0.183. The molecule has 0 saturated heterocycles. The molecule has 142 valence electrons. The number of aliphatic hydroxyl groups excluding tert-OH is 1. The summed E-state index contributed by atoms with van der Waals surface area (Å²) in [7, 11) is 0. The predicted octanol–water partition coefficient (Wildman–Crippen LogP) is 2.19. The van der Waals surface area contributed by atoms with Crippen molar-refractivity contribution in [3.05, 3.63) is 35.6 Å². The Morgan fingerprint density at radius 1 is 1.35 bits per heavy atom. The molecule has 0 radical (unpaired) electrons. The lowest BCUT2D eigenvalue weighted by atomic mass is 10.0. The third-order valence-corrected chi connectivity index (χ3v) is 3.03. The molecule has 0 aromatic heterocycles. The van der Waals surface area contributed by atoms with Crippen LogP contribution in [0.4, 0.5) is 9.18 Å². The van der Waals surface area contributed by atoms with Crippen molar-refractivity contribution in [3.63, 3.8) is 0 Å². The zero-order valence-electron chi connectivity index (χ0n) is 15.3. The van der Waals surface area contributed by atoms with Crippen molar-refractivity contribution in [1.29, 1.82) is 0 Å². The number of ether oxygens (including phenoxy) is 2. The van der Waals surface area contributed by atoms with E-state index >= 15 is 0 Å². The summed E-state index contributed by atoms with van der Waals surface area (Å²) in [5.74, 6) is 3.27. The fraction of sp³-hybridized carbons (Fsp3) is 0.474. The average molecular weight is 365 g/mol. The highest BCUT2D eigenvalue weighted by molar-refractivity contribution is 5.88. The summed E-state index contributed by atoms with van der Waals surface area (Å²) >= 11 is 0. The van der Waals surface area contributed by atoms with Gasteiger partial charge in [0.1, 0.15) is 17.5 Å². The van der Waals surface area contributed by atoms with E-state index in [-0.39, 0.29) is 13.0 Å².